The molecule has 0 aromatic rings. The lowest BCUT2D eigenvalue weighted by Crippen LogP contribution is -2.23. The minimum absolute atomic E-state index is 0.481. The predicted molar refractivity (Wildman–Crippen MR) is 36.6 cm³/mol. The third-order valence-corrected chi connectivity index (χ3v) is 1.37. The molecule has 0 bridgehead atoms. The van der Waals surface area contributed by atoms with Crippen molar-refractivity contribution < 1.29 is 20.1 Å². The molecule has 1 aliphatic heterocycles. The van der Waals surface area contributed by atoms with Crippen LogP contribution in [0.5, 0.6) is 0 Å². The van der Waals surface area contributed by atoms with Crippen LogP contribution in [0, 0.1) is 0 Å². The van der Waals surface area contributed by atoms with Crippen LogP contribution in [-0.2, 0) is 9.47 Å². The van der Waals surface area contributed by atoms with Crippen molar-refractivity contribution in [2.75, 3.05) is 19.7 Å². The Balaban J connectivity index is 2.49. The summed E-state index contributed by atoms with van der Waals surface area (Å²) in [5.74, 6) is 0. The highest BCUT2D eigenvalue weighted by molar-refractivity contribution is 4.53. The lowest BCUT2D eigenvalue weighted by atomic mass is 10.2. The maximum Gasteiger partial charge on any atom is 0.157 e. The van der Waals surface area contributed by atoms with Gasteiger partial charge in [0.05, 0.1) is 18.6 Å². The Morgan fingerprint density at radius 1 is 1.70 bits per heavy atom. The summed E-state index contributed by atoms with van der Waals surface area (Å²) in [6.07, 6.45) is 1.51. The lowest BCUT2D eigenvalue weighted by Gasteiger charge is -2.21. The van der Waals surface area contributed by atoms with Crippen molar-refractivity contribution in [2.24, 2.45) is 0 Å². The molecule has 3 nitrogen and oxygen atoms in total. The van der Waals surface area contributed by atoms with Crippen LogP contribution in [0.4, 0.5) is 0 Å². The van der Waals surface area contributed by atoms with E-state index in [9.17, 15) is 0 Å². The van der Waals surface area contributed by atoms with Gasteiger partial charge in [-0.1, -0.05) is 0 Å². The van der Waals surface area contributed by atoms with Gasteiger partial charge in [-0.15, -0.1) is 0 Å². The summed E-state index contributed by atoms with van der Waals surface area (Å²) in [6, 6.07) is 0. The molecule has 60 valence electrons. The first-order chi connectivity index (χ1) is 6.33. The molecule has 1 atom stereocenters. The van der Waals surface area contributed by atoms with E-state index in [1.54, 1.807) is 0 Å². The van der Waals surface area contributed by atoms with E-state index in [2.05, 4.69) is 0 Å². The Morgan fingerprint density at radius 3 is 3.20 bits per heavy atom. The van der Waals surface area contributed by atoms with E-state index in [0.717, 1.165) is 12.8 Å². The van der Waals surface area contributed by atoms with E-state index in [1.165, 1.54) is 0 Å². The summed E-state index contributed by atoms with van der Waals surface area (Å²) in [5, 5.41) is 8.85. The lowest BCUT2D eigenvalue weighted by molar-refractivity contribution is -0.166. The first kappa shape index (κ1) is 4.04. The average molecular weight is 150 g/mol. The van der Waals surface area contributed by atoms with E-state index in [0.29, 0.717) is 13.0 Å². The SMILES string of the molecule is [2H]C([2H])(O)C([2H])([2H])OC1CCCCO1. The molecule has 0 amide bonds. The molecule has 1 N–H and O–H groups in total. The summed E-state index contributed by atoms with van der Waals surface area (Å²) in [6.45, 7) is -5.28. The van der Waals surface area contributed by atoms with Crippen LogP contribution >= 0.6 is 0 Å². The zero-order valence-electron chi connectivity index (χ0n) is 9.67. The van der Waals surface area contributed by atoms with Crippen molar-refractivity contribution in [3.63, 3.8) is 0 Å². The molecular weight excluding hydrogens is 132 g/mol. The van der Waals surface area contributed by atoms with Crippen LogP contribution in [0.1, 0.15) is 24.7 Å². The molecule has 1 rings (SSSR count). The largest absolute Gasteiger partial charge is 0.394 e. The molecule has 1 saturated heterocycles. The molecule has 0 radical (unpaired) electrons. The zero-order chi connectivity index (χ0) is 10.8. The Kier molecular flexibility index (Phi) is 1.88. The van der Waals surface area contributed by atoms with E-state index < -0.39 is 19.4 Å². The number of hydrogen-bond donors (Lipinski definition) is 1. The number of rotatable bonds is 3. The highest BCUT2D eigenvalue weighted by Crippen LogP contribution is 2.12. The first-order valence-corrected chi connectivity index (χ1v) is 3.35. The highest BCUT2D eigenvalue weighted by Gasteiger charge is 2.12. The second-order valence-electron chi connectivity index (χ2n) is 2.13. The van der Waals surface area contributed by atoms with Gasteiger partial charge in [0.25, 0.3) is 0 Å². The van der Waals surface area contributed by atoms with Crippen LogP contribution in [0.15, 0.2) is 0 Å². The van der Waals surface area contributed by atoms with E-state index in [4.69, 9.17) is 20.1 Å². The molecule has 1 heterocycles. The van der Waals surface area contributed by atoms with Crippen molar-refractivity contribution in [3.05, 3.63) is 0 Å². The van der Waals surface area contributed by atoms with Crippen molar-refractivity contribution in [3.8, 4) is 0 Å². The van der Waals surface area contributed by atoms with Gasteiger partial charge >= 0.3 is 0 Å². The smallest absolute Gasteiger partial charge is 0.157 e. The van der Waals surface area contributed by atoms with Gasteiger partial charge in [-0.05, 0) is 19.3 Å². The van der Waals surface area contributed by atoms with Gasteiger partial charge in [0.15, 0.2) is 6.29 Å². The van der Waals surface area contributed by atoms with Crippen molar-refractivity contribution in [1.82, 2.24) is 0 Å². The Labute approximate surface area is 66.6 Å². The fourth-order valence-corrected chi connectivity index (χ4v) is 0.896. The predicted octanol–water partition coefficient (Wildman–Crippen LogP) is 0.522. The normalized spacial score (nSPS) is 35.5. The van der Waals surface area contributed by atoms with E-state index >= 15 is 0 Å². The number of ether oxygens (including phenoxy) is 2. The van der Waals surface area contributed by atoms with Crippen molar-refractivity contribution in [2.45, 2.75) is 25.6 Å². The number of hydrogen-bond acceptors (Lipinski definition) is 3. The molecule has 0 saturated carbocycles. The quantitative estimate of drug-likeness (QED) is 0.637. The molecule has 3 heteroatoms. The molecule has 1 unspecified atom stereocenters. The summed E-state index contributed by atoms with van der Waals surface area (Å²) < 4.78 is 37.7. The third-order valence-electron chi connectivity index (χ3n) is 1.37. The van der Waals surface area contributed by atoms with E-state index in [-0.39, 0.29) is 0 Å². The van der Waals surface area contributed by atoms with Crippen LogP contribution < -0.4 is 0 Å². The third kappa shape index (κ3) is 2.64. The Hall–Kier alpha value is -0.120. The second-order valence-corrected chi connectivity index (χ2v) is 2.13. The van der Waals surface area contributed by atoms with Crippen LogP contribution in [0.25, 0.3) is 0 Å². The average Bonchev–Trinajstić information content (AvgIpc) is 2.03. The number of aliphatic hydroxyl groups is 1. The molecule has 10 heavy (non-hydrogen) atoms. The fourth-order valence-electron chi connectivity index (χ4n) is 0.896. The molecule has 1 fully saturated rings. The van der Waals surface area contributed by atoms with Crippen LogP contribution in [-0.4, -0.2) is 31.1 Å². The first-order valence-electron chi connectivity index (χ1n) is 5.35. The van der Waals surface area contributed by atoms with Crippen molar-refractivity contribution in [1.29, 1.82) is 0 Å². The van der Waals surface area contributed by atoms with Crippen LogP contribution in [0.2, 0.25) is 0 Å². The van der Waals surface area contributed by atoms with Gasteiger partial charge in [0.2, 0.25) is 0 Å². The molecule has 0 aliphatic carbocycles. The molecule has 0 aromatic carbocycles. The zero-order valence-corrected chi connectivity index (χ0v) is 5.67. The monoisotopic (exact) mass is 150 g/mol. The maximum atomic E-state index is 8.85. The maximum absolute atomic E-state index is 8.85. The van der Waals surface area contributed by atoms with Gasteiger partial charge < -0.3 is 14.6 Å². The summed E-state index contributed by atoms with van der Waals surface area (Å²) in [4.78, 5) is 0. The minimum Gasteiger partial charge on any atom is -0.394 e. The topological polar surface area (TPSA) is 38.7 Å². The summed E-state index contributed by atoms with van der Waals surface area (Å²) >= 11 is 0. The second kappa shape index (κ2) is 4.66. The molecule has 0 spiro atoms. The summed E-state index contributed by atoms with van der Waals surface area (Å²) in [5.41, 5.74) is 0. The minimum atomic E-state index is -3.02. The van der Waals surface area contributed by atoms with Gasteiger partial charge in [-0.2, -0.15) is 0 Å². The Morgan fingerprint density at radius 2 is 2.60 bits per heavy atom. The van der Waals surface area contributed by atoms with Crippen molar-refractivity contribution >= 4 is 0 Å². The standard InChI is InChI=1S/C7H14O3/c8-4-6-10-7-3-1-2-5-9-7/h7-8H,1-6H2/i4D2,6D2. The van der Waals surface area contributed by atoms with Gasteiger partial charge in [0, 0.05) is 6.61 Å². The summed E-state index contributed by atoms with van der Waals surface area (Å²) in [7, 11) is 0. The van der Waals surface area contributed by atoms with E-state index in [1.807, 2.05) is 0 Å². The highest BCUT2D eigenvalue weighted by atomic mass is 16.7. The van der Waals surface area contributed by atoms with Gasteiger partial charge in [0.1, 0.15) is 0 Å². The fraction of sp³-hybridized carbons (Fsp3) is 1.00. The van der Waals surface area contributed by atoms with Crippen LogP contribution in [0.3, 0.4) is 0 Å². The van der Waals surface area contributed by atoms with Gasteiger partial charge in [-0.3, -0.25) is 0 Å². The molecule has 0 aromatic heterocycles. The molecule has 1 aliphatic rings. The van der Waals surface area contributed by atoms with Gasteiger partial charge in [-0.25, -0.2) is 0 Å². The Bertz CT molecular complexity index is 186. The molecular formula is C7H14O3.